The van der Waals surface area contributed by atoms with E-state index in [1.54, 1.807) is 0 Å². The van der Waals surface area contributed by atoms with Gasteiger partial charge in [-0.3, -0.25) is 4.90 Å². The highest BCUT2D eigenvalue weighted by atomic mass is 32.1. The first kappa shape index (κ1) is 17.9. The minimum atomic E-state index is -0.154. The molecule has 2 aromatic heterocycles. The second-order valence-corrected chi connectivity index (χ2v) is 7.47. The van der Waals surface area contributed by atoms with Crippen LogP contribution in [0.4, 0.5) is 0 Å². The predicted octanol–water partition coefficient (Wildman–Crippen LogP) is 4.32. The highest BCUT2D eigenvalue weighted by molar-refractivity contribution is 7.16. The van der Waals surface area contributed by atoms with Crippen molar-refractivity contribution in [3.05, 3.63) is 53.3 Å². The first-order chi connectivity index (χ1) is 13.2. The first-order valence-corrected chi connectivity index (χ1v) is 10.1. The van der Waals surface area contributed by atoms with E-state index in [9.17, 15) is 0 Å². The van der Waals surface area contributed by atoms with E-state index in [2.05, 4.69) is 53.2 Å². The molecule has 0 fully saturated rings. The summed E-state index contributed by atoms with van der Waals surface area (Å²) >= 11 is 1.53. The molecule has 0 radical (unpaired) electrons. The number of ether oxygens (including phenoxy) is 1. The fourth-order valence-corrected chi connectivity index (χ4v) is 3.92. The summed E-state index contributed by atoms with van der Waals surface area (Å²) in [6, 6.07) is 14.4. The number of nitrogens with zero attached hydrogens (tertiary/aromatic N) is 5. The van der Waals surface area contributed by atoms with Crippen molar-refractivity contribution in [3.63, 3.8) is 0 Å². The Bertz CT molecular complexity index is 1050. The molecule has 0 saturated carbocycles. The summed E-state index contributed by atoms with van der Waals surface area (Å²) in [6.07, 6.45) is -0.154. The summed E-state index contributed by atoms with van der Waals surface area (Å²) in [6.45, 7) is 9.01. The lowest BCUT2D eigenvalue weighted by Crippen LogP contribution is -2.23. The number of hydrogen-bond acceptors (Lipinski definition) is 6. The molecule has 4 rings (SSSR count). The summed E-state index contributed by atoms with van der Waals surface area (Å²) < 4.78 is 7.99. The Morgan fingerprint density at radius 2 is 1.85 bits per heavy atom. The lowest BCUT2D eigenvalue weighted by molar-refractivity contribution is 0.225. The summed E-state index contributed by atoms with van der Waals surface area (Å²) in [5, 5.41) is 16.5. The van der Waals surface area contributed by atoms with Crippen LogP contribution >= 0.6 is 11.3 Å². The van der Waals surface area contributed by atoms with Gasteiger partial charge in [0.15, 0.2) is 10.8 Å². The molecule has 0 amide bonds. The van der Waals surface area contributed by atoms with E-state index in [0.717, 1.165) is 41.2 Å². The van der Waals surface area contributed by atoms with Crippen molar-refractivity contribution in [2.24, 2.45) is 0 Å². The Balaban J connectivity index is 1.55. The fourth-order valence-electron chi connectivity index (χ4n) is 3.08. The van der Waals surface area contributed by atoms with Crippen LogP contribution in [0.5, 0.6) is 5.75 Å². The molecule has 1 atom stereocenters. The highest BCUT2D eigenvalue weighted by Gasteiger charge is 2.18. The lowest BCUT2D eigenvalue weighted by atomic mass is 10.1. The van der Waals surface area contributed by atoms with E-state index in [1.807, 2.05) is 29.6 Å². The van der Waals surface area contributed by atoms with E-state index in [-0.39, 0.29) is 6.10 Å². The summed E-state index contributed by atoms with van der Waals surface area (Å²) in [7, 11) is 0. The van der Waals surface area contributed by atoms with Crippen molar-refractivity contribution in [1.82, 2.24) is 24.7 Å². The largest absolute Gasteiger partial charge is 0.483 e. The second-order valence-electron chi connectivity index (χ2n) is 6.48. The van der Waals surface area contributed by atoms with E-state index >= 15 is 0 Å². The average molecular weight is 382 g/mol. The molecule has 27 heavy (non-hydrogen) atoms. The first-order valence-electron chi connectivity index (χ1n) is 9.26. The third kappa shape index (κ3) is 3.65. The van der Waals surface area contributed by atoms with Crippen LogP contribution in [0, 0.1) is 0 Å². The zero-order chi connectivity index (χ0) is 18.8. The van der Waals surface area contributed by atoms with Crippen LogP contribution < -0.4 is 4.74 Å². The van der Waals surface area contributed by atoms with Crippen LogP contribution in [0.15, 0.2) is 42.5 Å². The van der Waals surface area contributed by atoms with Crippen LogP contribution in [-0.4, -0.2) is 37.8 Å². The Morgan fingerprint density at radius 1 is 1.07 bits per heavy atom. The molecule has 4 aromatic rings. The topological polar surface area (TPSA) is 55.5 Å². The average Bonchev–Trinajstić information content (AvgIpc) is 3.27. The van der Waals surface area contributed by atoms with Crippen LogP contribution in [0.25, 0.3) is 15.7 Å². The second kappa shape index (κ2) is 7.62. The molecule has 2 heterocycles. The van der Waals surface area contributed by atoms with Crippen molar-refractivity contribution >= 4 is 27.1 Å². The maximum Gasteiger partial charge on any atom is 0.234 e. The molecule has 0 N–H and O–H groups in total. The van der Waals surface area contributed by atoms with Gasteiger partial charge in [0.1, 0.15) is 11.9 Å². The van der Waals surface area contributed by atoms with Gasteiger partial charge in [0, 0.05) is 0 Å². The molecular formula is C20H23N5OS. The Kier molecular flexibility index (Phi) is 5.05. The number of aromatic nitrogens is 4. The number of fused-ring (bicyclic) bond motifs is 2. The molecule has 2 aromatic carbocycles. The van der Waals surface area contributed by atoms with Gasteiger partial charge in [-0.05, 0) is 42.9 Å². The minimum absolute atomic E-state index is 0.154. The third-order valence-corrected chi connectivity index (χ3v) is 5.77. The Morgan fingerprint density at radius 3 is 2.63 bits per heavy atom. The number of rotatable bonds is 7. The molecule has 0 bridgehead atoms. The summed E-state index contributed by atoms with van der Waals surface area (Å²) in [4.78, 5) is 3.10. The minimum Gasteiger partial charge on any atom is -0.483 e. The Hall–Kier alpha value is -2.51. The molecule has 6 nitrogen and oxygen atoms in total. The van der Waals surface area contributed by atoms with Gasteiger partial charge in [0.2, 0.25) is 4.96 Å². The smallest absolute Gasteiger partial charge is 0.234 e. The number of benzene rings is 2. The standard InChI is InChI=1S/C20H23N5OS/c1-4-24(5-2)13-18-21-22-20-25(18)23-19(27-20)14(3)26-17-11-10-15-8-6-7-9-16(15)12-17/h6-12,14H,4-5,13H2,1-3H3/t14-/m0/s1. The molecule has 7 heteroatoms. The van der Waals surface area contributed by atoms with Crippen LogP contribution in [0.3, 0.4) is 0 Å². The van der Waals surface area contributed by atoms with E-state index in [4.69, 9.17) is 9.84 Å². The molecule has 140 valence electrons. The fraction of sp³-hybridized carbons (Fsp3) is 0.350. The van der Waals surface area contributed by atoms with Crippen molar-refractivity contribution in [2.75, 3.05) is 13.1 Å². The summed E-state index contributed by atoms with van der Waals surface area (Å²) in [5.41, 5.74) is 0. The van der Waals surface area contributed by atoms with Crippen LogP contribution in [0.1, 0.15) is 37.7 Å². The molecule has 0 aliphatic heterocycles. The van der Waals surface area contributed by atoms with E-state index < -0.39 is 0 Å². The number of hydrogen-bond donors (Lipinski definition) is 0. The molecule has 0 aliphatic rings. The quantitative estimate of drug-likeness (QED) is 0.477. The van der Waals surface area contributed by atoms with Crippen molar-refractivity contribution in [3.8, 4) is 5.75 Å². The van der Waals surface area contributed by atoms with Gasteiger partial charge in [-0.25, -0.2) is 0 Å². The van der Waals surface area contributed by atoms with Gasteiger partial charge >= 0.3 is 0 Å². The monoisotopic (exact) mass is 381 g/mol. The third-order valence-electron chi connectivity index (χ3n) is 4.71. The predicted molar refractivity (Wildman–Crippen MR) is 108 cm³/mol. The zero-order valence-corrected chi connectivity index (χ0v) is 16.6. The maximum absolute atomic E-state index is 6.15. The van der Waals surface area contributed by atoms with Gasteiger partial charge < -0.3 is 4.74 Å². The maximum atomic E-state index is 6.15. The molecule has 0 spiro atoms. The van der Waals surface area contributed by atoms with Crippen LogP contribution in [0.2, 0.25) is 0 Å². The van der Waals surface area contributed by atoms with E-state index in [1.165, 1.54) is 22.1 Å². The van der Waals surface area contributed by atoms with Crippen LogP contribution in [-0.2, 0) is 6.54 Å². The molecule has 0 saturated heterocycles. The van der Waals surface area contributed by atoms with Crippen molar-refractivity contribution in [2.45, 2.75) is 33.4 Å². The molecule has 0 aliphatic carbocycles. The molecule has 0 unspecified atom stereocenters. The van der Waals surface area contributed by atoms with Gasteiger partial charge in [0.25, 0.3) is 0 Å². The SMILES string of the molecule is CCN(CC)Cc1nnc2sc([C@H](C)Oc3ccc4ccccc4c3)nn12. The van der Waals surface area contributed by atoms with Gasteiger partial charge in [-0.2, -0.15) is 9.61 Å². The lowest BCUT2D eigenvalue weighted by Gasteiger charge is -2.15. The molecular weight excluding hydrogens is 358 g/mol. The van der Waals surface area contributed by atoms with Gasteiger partial charge in [-0.15, -0.1) is 10.2 Å². The van der Waals surface area contributed by atoms with E-state index in [0.29, 0.717) is 0 Å². The zero-order valence-electron chi connectivity index (χ0n) is 15.8. The highest BCUT2D eigenvalue weighted by Crippen LogP contribution is 2.28. The van der Waals surface area contributed by atoms with Crippen molar-refractivity contribution in [1.29, 1.82) is 0 Å². The van der Waals surface area contributed by atoms with Gasteiger partial charge in [0.05, 0.1) is 6.54 Å². The van der Waals surface area contributed by atoms with Gasteiger partial charge in [-0.1, -0.05) is 55.5 Å². The Labute approximate surface area is 162 Å². The van der Waals surface area contributed by atoms with Crippen molar-refractivity contribution < 1.29 is 4.74 Å². The summed E-state index contributed by atoms with van der Waals surface area (Å²) in [5.74, 6) is 1.71. The normalized spacial score (nSPS) is 12.9.